The van der Waals surface area contributed by atoms with Crippen LogP contribution in [0.2, 0.25) is 0 Å². The van der Waals surface area contributed by atoms with E-state index in [-0.39, 0.29) is 18.6 Å². The number of rotatable bonds is 6. The van der Waals surface area contributed by atoms with Gasteiger partial charge in [0.1, 0.15) is 10.8 Å². The maximum atomic E-state index is 10.3. The van der Waals surface area contributed by atoms with Crippen molar-refractivity contribution in [1.82, 2.24) is 15.0 Å². The second-order valence-electron chi connectivity index (χ2n) is 8.66. The summed E-state index contributed by atoms with van der Waals surface area (Å²) < 4.78 is 1.11. The molecule has 7 nitrogen and oxygen atoms in total. The highest BCUT2D eigenvalue weighted by atomic mass is 32.1. The number of hydrogen-bond acceptors (Lipinski definition) is 8. The maximum Gasteiger partial charge on any atom is 0.229 e. The molecule has 0 radical (unpaired) electrons. The molecule has 2 heterocycles. The molecular formula is C25H27N5O2S. The third-order valence-corrected chi connectivity index (χ3v) is 7.19. The number of aromatic nitrogens is 3. The maximum absolute atomic E-state index is 10.3. The van der Waals surface area contributed by atoms with Gasteiger partial charge in [-0.2, -0.15) is 4.98 Å². The molecule has 1 fully saturated rings. The first-order valence-electron chi connectivity index (χ1n) is 11.1. The smallest absolute Gasteiger partial charge is 0.229 e. The van der Waals surface area contributed by atoms with Crippen LogP contribution < -0.4 is 10.6 Å². The minimum atomic E-state index is -0.522. The molecule has 4 aromatic rings. The van der Waals surface area contributed by atoms with Crippen molar-refractivity contribution in [1.29, 1.82) is 0 Å². The van der Waals surface area contributed by atoms with Crippen LogP contribution in [0.4, 0.5) is 17.5 Å². The summed E-state index contributed by atoms with van der Waals surface area (Å²) in [5.41, 5.74) is 4.73. The number of para-hydroxylation sites is 1. The van der Waals surface area contributed by atoms with Gasteiger partial charge >= 0.3 is 0 Å². The zero-order chi connectivity index (χ0) is 22.9. The topological polar surface area (TPSA) is 103 Å². The van der Waals surface area contributed by atoms with E-state index in [0.717, 1.165) is 32.2 Å². The summed E-state index contributed by atoms with van der Waals surface area (Å²) in [7, 11) is 0. The van der Waals surface area contributed by atoms with Crippen LogP contribution in [-0.2, 0) is 0 Å². The predicted octanol–water partition coefficient (Wildman–Crippen LogP) is 4.66. The SMILES string of the molecule is Cc1ccc(Nc2nc(C)c(-c3nc4ccccc4s3)c(N[C@@H]3C[C@H](CO)[C@@H](O)C3)n2)cc1. The van der Waals surface area contributed by atoms with Crippen LogP contribution in [0.1, 0.15) is 24.1 Å². The number of thiazole rings is 1. The van der Waals surface area contributed by atoms with Crippen LogP contribution in [0.5, 0.6) is 0 Å². The van der Waals surface area contributed by atoms with Crippen molar-refractivity contribution >= 4 is 39.0 Å². The van der Waals surface area contributed by atoms with Crippen LogP contribution in [-0.4, -0.2) is 43.9 Å². The molecule has 1 aliphatic carbocycles. The van der Waals surface area contributed by atoms with E-state index in [1.165, 1.54) is 5.56 Å². The quantitative estimate of drug-likeness (QED) is 0.331. The minimum absolute atomic E-state index is 0.00630. The van der Waals surface area contributed by atoms with Crippen LogP contribution in [0, 0.1) is 19.8 Å². The third kappa shape index (κ3) is 4.55. The molecule has 0 amide bonds. The molecule has 0 bridgehead atoms. The molecule has 5 rings (SSSR count). The zero-order valence-corrected chi connectivity index (χ0v) is 19.4. The van der Waals surface area contributed by atoms with Crippen molar-refractivity contribution in [2.45, 2.75) is 38.8 Å². The molecule has 0 spiro atoms. The van der Waals surface area contributed by atoms with Crippen LogP contribution in [0.15, 0.2) is 48.5 Å². The number of hydrogen-bond donors (Lipinski definition) is 4. The molecule has 2 aromatic carbocycles. The van der Waals surface area contributed by atoms with E-state index in [1.54, 1.807) is 11.3 Å². The molecule has 2 aromatic heterocycles. The summed E-state index contributed by atoms with van der Waals surface area (Å²) >= 11 is 1.61. The van der Waals surface area contributed by atoms with E-state index in [1.807, 2.05) is 49.4 Å². The molecule has 0 saturated heterocycles. The fraction of sp³-hybridized carbons (Fsp3) is 0.320. The highest BCUT2D eigenvalue weighted by Crippen LogP contribution is 2.38. The van der Waals surface area contributed by atoms with Gasteiger partial charge in [0.2, 0.25) is 5.95 Å². The lowest BCUT2D eigenvalue weighted by Gasteiger charge is -2.18. The van der Waals surface area contributed by atoms with Gasteiger partial charge in [0, 0.05) is 24.3 Å². The third-order valence-electron chi connectivity index (χ3n) is 6.14. The van der Waals surface area contributed by atoms with Crippen molar-refractivity contribution < 1.29 is 10.2 Å². The Balaban J connectivity index is 1.54. The lowest BCUT2D eigenvalue weighted by molar-refractivity contribution is 0.0908. The number of benzene rings is 2. The second kappa shape index (κ2) is 9.05. The molecular weight excluding hydrogens is 434 g/mol. The Bertz CT molecular complexity index is 1240. The molecule has 3 atom stereocenters. The van der Waals surface area contributed by atoms with E-state index in [2.05, 4.69) is 23.6 Å². The Morgan fingerprint density at radius 2 is 1.79 bits per heavy atom. The number of aliphatic hydroxyl groups is 2. The first-order valence-corrected chi connectivity index (χ1v) is 12.0. The average molecular weight is 462 g/mol. The predicted molar refractivity (Wildman–Crippen MR) is 133 cm³/mol. The normalized spacial score (nSPS) is 20.3. The fourth-order valence-corrected chi connectivity index (χ4v) is 5.41. The number of fused-ring (bicyclic) bond motifs is 1. The van der Waals surface area contributed by atoms with Gasteiger partial charge in [-0.3, -0.25) is 0 Å². The van der Waals surface area contributed by atoms with E-state index in [9.17, 15) is 10.2 Å². The Kier molecular flexibility index (Phi) is 5.97. The molecule has 0 aliphatic heterocycles. The van der Waals surface area contributed by atoms with Crippen molar-refractivity contribution in [2.75, 3.05) is 17.2 Å². The summed E-state index contributed by atoms with van der Waals surface area (Å²) in [5.74, 6) is 1.06. The summed E-state index contributed by atoms with van der Waals surface area (Å²) in [6, 6.07) is 16.2. The van der Waals surface area contributed by atoms with Crippen molar-refractivity contribution in [3.63, 3.8) is 0 Å². The Morgan fingerprint density at radius 1 is 1.00 bits per heavy atom. The van der Waals surface area contributed by atoms with Gasteiger partial charge in [0.15, 0.2) is 0 Å². The van der Waals surface area contributed by atoms with Gasteiger partial charge in [0.25, 0.3) is 0 Å². The standard InChI is InChI=1S/C25H27N5O2S/c1-14-7-9-17(10-8-14)28-25-26-15(2)22(24-29-19-5-3-4-6-21(19)33-24)23(30-25)27-18-11-16(13-31)20(32)12-18/h3-10,16,18,20,31-32H,11-13H2,1-2H3,(H2,26,27,28,30)/t16-,18-,20+/m1/s1. The minimum Gasteiger partial charge on any atom is -0.396 e. The summed E-state index contributed by atoms with van der Waals surface area (Å²) in [6.45, 7) is 4.00. The average Bonchev–Trinajstić information content (AvgIpc) is 3.37. The number of nitrogens with one attached hydrogen (secondary N) is 2. The first-order chi connectivity index (χ1) is 16.0. The number of anilines is 3. The van der Waals surface area contributed by atoms with E-state index >= 15 is 0 Å². The van der Waals surface area contributed by atoms with Crippen LogP contribution in [0.3, 0.4) is 0 Å². The van der Waals surface area contributed by atoms with Gasteiger partial charge in [-0.15, -0.1) is 11.3 Å². The molecule has 8 heteroatoms. The molecule has 4 N–H and O–H groups in total. The Labute approximate surface area is 196 Å². The Hall–Kier alpha value is -3.07. The number of aliphatic hydroxyl groups excluding tert-OH is 2. The van der Waals surface area contributed by atoms with Crippen molar-refractivity contribution in [2.24, 2.45) is 5.92 Å². The van der Waals surface area contributed by atoms with Crippen LogP contribution >= 0.6 is 11.3 Å². The van der Waals surface area contributed by atoms with Gasteiger partial charge in [0.05, 0.1) is 27.6 Å². The monoisotopic (exact) mass is 461 g/mol. The van der Waals surface area contributed by atoms with Gasteiger partial charge < -0.3 is 20.8 Å². The highest BCUT2D eigenvalue weighted by molar-refractivity contribution is 7.21. The van der Waals surface area contributed by atoms with Crippen molar-refractivity contribution in [3.8, 4) is 10.6 Å². The highest BCUT2D eigenvalue weighted by Gasteiger charge is 2.33. The van der Waals surface area contributed by atoms with Gasteiger partial charge in [-0.05, 0) is 51.0 Å². The first kappa shape index (κ1) is 21.8. The largest absolute Gasteiger partial charge is 0.396 e. The second-order valence-corrected chi connectivity index (χ2v) is 9.69. The zero-order valence-electron chi connectivity index (χ0n) is 18.6. The molecule has 170 valence electrons. The van der Waals surface area contributed by atoms with Gasteiger partial charge in [-0.25, -0.2) is 9.97 Å². The number of nitrogens with zero attached hydrogens (tertiary/aromatic N) is 3. The van der Waals surface area contributed by atoms with Crippen LogP contribution in [0.25, 0.3) is 20.8 Å². The van der Waals surface area contributed by atoms with E-state index in [0.29, 0.717) is 24.6 Å². The molecule has 0 unspecified atom stereocenters. The summed E-state index contributed by atoms with van der Waals surface area (Å²) in [4.78, 5) is 14.4. The summed E-state index contributed by atoms with van der Waals surface area (Å²) in [5, 5.41) is 27.6. The van der Waals surface area contributed by atoms with Gasteiger partial charge in [-0.1, -0.05) is 29.8 Å². The Morgan fingerprint density at radius 3 is 2.52 bits per heavy atom. The van der Waals surface area contributed by atoms with E-state index in [4.69, 9.17) is 15.0 Å². The van der Waals surface area contributed by atoms with Crippen molar-refractivity contribution in [3.05, 3.63) is 59.8 Å². The lowest BCUT2D eigenvalue weighted by Crippen LogP contribution is -2.19. The fourth-order valence-electron chi connectivity index (χ4n) is 4.34. The molecule has 33 heavy (non-hydrogen) atoms. The number of aryl methyl sites for hydroxylation is 2. The lowest BCUT2D eigenvalue weighted by atomic mass is 10.1. The van der Waals surface area contributed by atoms with E-state index < -0.39 is 6.10 Å². The molecule has 1 saturated carbocycles. The summed E-state index contributed by atoms with van der Waals surface area (Å²) in [6.07, 6.45) is 0.723. The molecule has 1 aliphatic rings.